The zero-order valence-electron chi connectivity index (χ0n) is 8.20. The van der Waals surface area contributed by atoms with Crippen LogP contribution in [0.5, 0.6) is 0 Å². The third-order valence-corrected chi connectivity index (χ3v) is 2.92. The molecule has 2 rings (SSSR count). The molecule has 2 N–H and O–H groups in total. The van der Waals surface area contributed by atoms with Crippen LogP contribution in [-0.4, -0.2) is 41.7 Å². The molecular weight excluding hydrogens is 180 g/mol. The first-order valence-electron chi connectivity index (χ1n) is 5.18. The first-order chi connectivity index (χ1) is 6.79. The lowest BCUT2D eigenvalue weighted by molar-refractivity contribution is -0.142. The summed E-state index contributed by atoms with van der Waals surface area (Å²) < 4.78 is 0. The zero-order chi connectivity index (χ0) is 9.97. The van der Waals surface area contributed by atoms with Crippen molar-refractivity contribution in [1.82, 2.24) is 10.2 Å². The molecular formula is C10H16N2O2. The lowest BCUT2D eigenvalue weighted by atomic mass is 10.2. The van der Waals surface area contributed by atoms with E-state index < -0.39 is 5.97 Å². The quantitative estimate of drug-likeness (QED) is 0.638. The topological polar surface area (TPSA) is 52.6 Å². The molecule has 1 fully saturated rings. The molecule has 0 aromatic carbocycles. The summed E-state index contributed by atoms with van der Waals surface area (Å²) in [6.07, 6.45) is 4.74. The number of aliphatic carboxylic acids is 1. The maximum Gasteiger partial charge on any atom is 0.326 e. The highest BCUT2D eigenvalue weighted by Gasteiger charge is 2.31. The summed E-state index contributed by atoms with van der Waals surface area (Å²) >= 11 is 0. The summed E-state index contributed by atoms with van der Waals surface area (Å²) in [5, 5.41) is 12.4. The SMILES string of the molecule is O=C(O)C1CC=C2CCNCCCN21. The number of fused-ring (bicyclic) bond motifs is 1. The molecule has 0 bridgehead atoms. The molecule has 0 spiro atoms. The number of rotatable bonds is 1. The molecule has 0 amide bonds. The standard InChI is InChI=1S/C10H16N2O2/c13-10(14)9-3-2-8-4-6-11-5-1-7-12(8)9/h2,9,11H,1,3-7H2,(H,13,14). The largest absolute Gasteiger partial charge is 0.480 e. The van der Waals surface area contributed by atoms with Gasteiger partial charge in [0.25, 0.3) is 0 Å². The van der Waals surface area contributed by atoms with Gasteiger partial charge in [-0.05, 0) is 25.8 Å². The van der Waals surface area contributed by atoms with Crippen LogP contribution < -0.4 is 5.32 Å². The number of nitrogens with zero attached hydrogens (tertiary/aromatic N) is 1. The van der Waals surface area contributed by atoms with E-state index in [1.165, 1.54) is 5.70 Å². The van der Waals surface area contributed by atoms with Gasteiger partial charge in [0.1, 0.15) is 6.04 Å². The van der Waals surface area contributed by atoms with Crippen molar-refractivity contribution in [2.45, 2.75) is 25.3 Å². The number of nitrogens with one attached hydrogen (secondary N) is 1. The molecule has 0 aliphatic carbocycles. The Morgan fingerprint density at radius 1 is 1.57 bits per heavy atom. The molecule has 0 aromatic heterocycles. The first-order valence-corrected chi connectivity index (χ1v) is 5.18. The van der Waals surface area contributed by atoms with Crippen LogP contribution in [0.2, 0.25) is 0 Å². The molecule has 1 unspecified atom stereocenters. The molecule has 2 heterocycles. The van der Waals surface area contributed by atoms with Crippen molar-refractivity contribution in [2.24, 2.45) is 0 Å². The van der Waals surface area contributed by atoms with E-state index in [0.717, 1.165) is 32.5 Å². The van der Waals surface area contributed by atoms with Gasteiger partial charge in [0.15, 0.2) is 0 Å². The molecule has 4 nitrogen and oxygen atoms in total. The fraction of sp³-hybridized carbons (Fsp3) is 0.700. The van der Waals surface area contributed by atoms with Gasteiger partial charge in [-0.1, -0.05) is 6.08 Å². The Morgan fingerprint density at radius 2 is 2.43 bits per heavy atom. The minimum absolute atomic E-state index is 0.303. The van der Waals surface area contributed by atoms with Crippen molar-refractivity contribution in [3.05, 3.63) is 11.8 Å². The van der Waals surface area contributed by atoms with Gasteiger partial charge in [-0.15, -0.1) is 0 Å². The lowest BCUT2D eigenvalue weighted by Gasteiger charge is -2.29. The van der Waals surface area contributed by atoms with Crippen LogP contribution in [0.3, 0.4) is 0 Å². The Kier molecular flexibility index (Phi) is 2.72. The van der Waals surface area contributed by atoms with Crippen LogP contribution in [0.15, 0.2) is 11.8 Å². The molecule has 4 heteroatoms. The summed E-state index contributed by atoms with van der Waals surface area (Å²) in [6, 6.07) is -0.303. The van der Waals surface area contributed by atoms with Crippen molar-refractivity contribution in [2.75, 3.05) is 19.6 Å². The Labute approximate surface area is 83.6 Å². The zero-order valence-corrected chi connectivity index (χ0v) is 8.20. The Hall–Kier alpha value is -1.03. The van der Waals surface area contributed by atoms with Crippen molar-refractivity contribution >= 4 is 5.97 Å². The molecule has 0 saturated carbocycles. The van der Waals surface area contributed by atoms with E-state index >= 15 is 0 Å². The van der Waals surface area contributed by atoms with Crippen LogP contribution in [0.4, 0.5) is 0 Å². The van der Waals surface area contributed by atoms with Gasteiger partial charge in [-0.2, -0.15) is 0 Å². The van der Waals surface area contributed by atoms with Gasteiger partial charge < -0.3 is 15.3 Å². The predicted molar refractivity (Wildman–Crippen MR) is 52.9 cm³/mol. The van der Waals surface area contributed by atoms with Crippen molar-refractivity contribution in [3.8, 4) is 0 Å². The first kappa shape index (κ1) is 9.52. The number of hydrogen-bond donors (Lipinski definition) is 2. The monoisotopic (exact) mass is 196 g/mol. The molecule has 2 aliphatic rings. The summed E-state index contributed by atoms with van der Waals surface area (Å²) in [5.74, 6) is -0.690. The van der Waals surface area contributed by atoms with Gasteiger partial charge >= 0.3 is 5.97 Å². The fourth-order valence-corrected chi connectivity index (χ4v) is 2.19. The molecule has 0 aromatic rings. The predicted octanol–water partition coefficient (Wildman–Crippen LogP) is 0.413. The average Bonchev–Trinajstić information content (AvgIpc) is 2.47. The molecule has 2 aliphatic heterocycles. The van der Waals surface area contributed by atoms with E-state index in [2.05, 4.69) is 16.3 Å². The van der Waals surface area contributed by atoms with Crippen LogP contribution in [0.1, 0.15) is 19.3 Å². The van der Waals surface area contributed by atoms with Crippen LogP contribution in [-0.2, 0) is 4.79 Å². The summed E-state index contributed by atoms with van der Waals surface area (Å²) in [7, 11) is 0. The fourth-order valence-electron chi connectivity index (χ4n) is 2.19. The minimum atomic E-state index is -0.690. The Balaban J connectivity index is 2.07. The van der Waals surface area contributed by atoms with E-state index in [-0.39, 0.29) is 6.04 Å². The average molecular weight is 196 g/mol. The highest BCUT2D eigenvalue weighted by Crippen LogP contribution is 2.25. The Morgan fingerprint density at radius 3 is 3.21 bits per heavy atom. The van der Waals surface area contributed by atoms with Gasteiger partial charge in [-0.3, -0.25) is 0 Å². The van der Waals surface area contributed by atoms with Gasteiger partial charge in [0.2, 0.25) is 0 Å². The van der Waals surface area contributed by atoms with Crippen molar-refractivity contribution in [1.29, 1.82) is 0 Å². The number of carbonyl (C=O) groups is 1. The van der Waals surface area contributed by atoms with Crippen LogP contribution >= 0.6 is 0 Å². The van der Waals surface area contributed by atoms with Gasteiger partial charge in [-0.25, -0.2) is 4.79 Å². The maximum atomic E-state index is 11.0. The highest BCUT2D eigenvalue weighted by molar-refractivity contribution is 5.74. The second kappa shape index (κ2) is 4.00. The highest BCUT2D eigenvalue weighted by atomic mass is 16.4. The van der Waals surface area contributed by atoms with Gasteiger partial charge in [0, 0.05) is 18.8 Å². The molecule has 0 radical (unpaired) electrons. The maximum absolute atomic E-state index is 11.0. The third-order valence-electron chi connectivity index (χ3n) is 2.92. The number of hydrogen-bond acceptors (Lipinski definition) is 3. The van der Waals surface area contributed by atoms with Crippen LogP contribution in [0, 0.1) is 0 Å². The molecule has 1 saturated heterocycles. The van der Waals surface area contributed by atoms with E-state index in [1.807, 2.05) is 0 Å². The molecule has 14 heavy (non-hydrogen) atoms. The van der Waals surface area contributed by atoms with E-state index in [4.69, 9.17) is 5.11 Å². The minimum Gasteiger partial charge on any atom is -0.480 e. The molecule has 78 valence electrons. The van der Waals surface area contributed by atoms with E-state index in [9.17, 15) is 4.79 Å². The van der Waals surface area contributed by atoms with Crippen molar-refractivity contribution in [3.63, 3.8) is 0 Å². The molecule has 1 atom stereocenters. The van der Waals surface area contributed by atoms with Crippen molar-refractivity contribution < 1.29 is 9.90 Å². The van der Waals surface area contributed by atoms with Crippen LogP contribution in [0.25, 0.3) is 0 Å². The number of carboxylic acid groups (broad SMARTS) is 1. The van der Waals surface area contributed by atoms with E-state index in [0.29, 0.717) is 6.42 Å². The van der Waals surface area contributed by atoms with Gasteiger partial charge in [0.05, 0.1) is 0 Å². The summed E-state index contributed by atoms with van der Waals surface area (Å²) in [6.45, 7) is 2.83. The van der Waals surface area contributed by atoms with E-state index in [1.54, 1.807) is 0 Å². The lowest BCUT2D eigenvalue weighted by Crippen LogP contribution is -2.40. The third kappa shape index (κ3) is 1.75. The Bertz CT molecular complexity index is 263. The second-order valence-electron chi connectivity index (χ2n) is 3.83. The second-order valence-corrected chi connectivity index (χ2v) is 3.83. The number of carboxylic acids is 1. The normalized spacial score (nSPS) is 27.6. The summed E-state index contributed by atoms with van der Waals surface area (Å²) in [5.41, 5.74) is 1.21. The summed E-state index contributed by atoms with van der Waals surface area (Å²) in [4.78, 5) is 13.0. The smallest absolute Gasteiger partial charge is 0.326 e.